The highest BCUT2D eigenvalue weighted by molar-refractivity contribution is 7.19. The van der Waals surface area contributed by atoms with Gasteiger partial charge in [0.15, 0.2) is 0 Å². The molecule has 6 heteroatoms. The summed E-state index contributed by atoms with van der Waals surface area (Å²) in [4.78, 5) is 11.4. The van der Waals surface area contributed by atoms with Gasteiger partial charge in [-0.05, 0) is 48.9 Å². The molecule has 124 valence electrons. The van der Waals surface area contributed by atoms with Gasteiger partial charge in [-0.15, -0.1) is 11.3 Å². The fraction of sp³-hybridized carbons (Fsp3) is 0.333. The minimum atomic E-state index is -0.223. The Hall–Kier alpha value is -1.69. The van der Waals surface area contributed by atoms with Gasteiger partial charge in [-0.2, -0.15) is 0 Å². The molecule has 0 radical (unpaired) electrons. The first-order chi connectivity index (χ1) is 11.8. The molecule has 24 heavy (non-hydrogen) atoms. The van der Waals surface area contributed by atoms with Crippen molar-refractivity contribution in [2.45, 2.75) is 31.7 Å². The van der Waals surface area contributed by atoms with Gasteiger partial charge in [0.1, 0.15) is 17.0 Å². The topological polar surface area (TPSA) is 58.0 Å². The molecular weight excluding hydrogens is 342 g/mol. The number of halogens is 1. The van der Waals surface area contributed by atoms with Crippen molar-refractivity contribution in [3.8, 4) is 0 Å². The van der Waals surface area contributed by atoms with Crippen LogP contribution in [-0.4, -0.2) is 21.7 Å². The third-order valence-electron chi connectivity index (χ3n) is 4.52. The van der Waals surface area contributed by atoms with E-state index in [1.807, 2.05) is 24.3 Å². The summed E-state index contributed by atoms with van der Waals surface area (Å²) < 4.78 is 0. The van der Waals surface area contributed by atoms with Gasteiger partial charge < -0.3 is 10.4 Å². The van der Waals surface area contributed by atoms with Crippen molar-refractivity contribution in [1.82, 2.24) is 9.97 Å². The van der Waals surface area contributed by atoms with E-state index in [9.17, 15) is 5.11 Å². The Morgan fingerprint density at radius 3 is 2.75 bits per heavy atom. The van der Waals surface area contributed by atoms with E-state index in [2.05, 4.69) is 15.3 Å². The monoisotopic (exact) mass is 359 g/mol. The van der Waals surface area contributed by atoms with Gasteiger partial charge in [-0.25, -0.2) is 9.97 Å². The van der Waals surface area contributed by atoms with Gasteiger partial charge in [-0.3, -0.25) is 0 Å². The van der Waals surface area contributed by atoms with Gasteiger partial charge in [0.2, 0.25) is 0 Å². The summed E-state index contributed by atoms with van der Waals surface area (Å²) >= 11 is 7.74. The molecule has 1 aliphatic carbocycles. The number of aliphatic hydroxyl groups is 1. The van der Waals surface area contributed by atoms with Crippen LogP contribution in [0, 0.1) is 0 Å². The largest absolute Gasteiger partial charge is 0.394 e. The average Bonchev–Trinajstić information content (AvgIpc) is 3.00. The lowest BCUT2D eigenvalue weighted by atomic mass is 9.97. The number of anilines is 1. The Bertz CT molecular complexity index is 863. The van der Waals surface area contributed by atoms with Gasteiger partial charge in [0, 0.05) is 9.90 Å². The summed E-state index contributed by atoms with van der Waals surface area (Å²) in [6.07, 6.45) is 6.29. The van der Waals surface area contributed by atoms with E-state index in [1.165, 1.54) is 23.3 Å². The van der Waals surface area contributed by atoms with E-state index < -0.39 is 0 Å². The molecule has 1 aromatic carbocycles. The molecule has 0 saturated heterocycles. The molecule has 1 unspecified atom stereocenters. The van der Waals surface area contributed by atoms with Crippen LogP contribution in [0.25, 0.3) is 10.2 Å². The van der Waals surface area contributed by atoms with Gasteiger partial charge in [-0.1, -0.05) is 23.7 Å². The molecule has 0 saturated carbocycles. The summed E-state index contributed by atoms with van der Waals surface area (Å²) in [6.45, 7) is -0.0144. The van der Waals surface area contributed by atoms with Crippen LogP contribution < -0.4 is 5.32 Å². The second-order valence-electron chi connectivity index (χ2n) is 6.04. The van der Waals surface area contributed by atoms with E-state index in [1.54, 1.807) is 17.7 Å². The number of nitrogens with zero attached hydrogens (tertiary/aromatic N) is 2. The Morgan fingerprint density at radius 1 is 1.17 bits per heavy atom. The van der Waals surface area contributed by atoms with Crippen molar-refractivity contribution in [2.75, 3.05) is 11.9 Å². The molecule has 4 rings (SSSR count). The quantitative estimate of drug-likeness (QED) is 0.726. The van der Waals surface area contributed by atoms with Crippen LogP contribution in [0.2, 0.25) is 5.02 Å². The molecule has 0 spiro atoms. The summed E-state index contributed by atoms with van der Waals surface area (Å²) in [5.74, 6) is 0.813. The van der Waals surface area contributed by atoms with E-state index >= 15 is 0 Å². The maximum absolute atomic E-state index is 9.83. The summed E-state index contributed by atoms with van der Waals surface area (Å²) in [5.41, 5.74) is 2.37. The van der Waals surface area contributed by atoms with Crippen molar-refractivity contribution in [1.29, 1.82) is 0 Å². The Morgan fingerprint density at radius 2 is 1.96 bits per heavy atom. The molecule has 2 N–H and O–H groups in total. The van der Waals surface area contributed by atoms with Crippen molar-refractivity contribution >= 4 is 39.0 Å². The third kappa shape index (κ3) is 2.88. The molecule has 0 bridgehead atoms. The molecule has 3 aromatic rings. The normalized spacial score (nSPS) is 15.2. The predicted octanol–water partition coefficient (Wildman–Crippen LogP) is 4.37. The minimum Gasteiger partial charge on any atom is -0.394 e. The fourth-order valence-electron chi connectivity index (χ4n) is 3.29. The highest BCUT2D eigenvalue weighted by Gasteiger charge is 2.21. The molecule has 4 nitrogen and oxygen atoms in total. The number of thiophene rings is 1. The highest BCUT2D eigenvalue weighted by Crippen LogP contribution is 2.38. The number of hydrogen-bond donors (Lipinski definition) is 2. The predicted molar refractivity (Wildman–Crippen MR) is 99.0 cm³/mol. The zero-order chi connectivity index (χ0) is 16.5. The average molecular weight is 360 g/mol. The minimum absolute atomic E-state index is 0.0144. The number of fused-ring (bicyclic) bond motifs is 3. The standard InChI is InChI=1S/C18H18ClN3OS/c19-12-7-5-11(6-8-12)14(9-23)22-17-16-13-3-1-2-4-15(13)24-18(16)21-10-20-17/h5-8,10,14,23H,1-4,9H2,(H,20,21,22). The summed E-state index contributed by atoms with van der Waals surface area (Å²) in [6, 6.07) is 7.31. The van der Waals surface area contributed by atoms with E-state index in [0.29, 0.717) is 5.02 Å². The number of benzene rings is 1. The van der Waals surface area contributed by atoms with Crippen LogP contribution in [0.4, 0.5) is 5.82 Å². The van der Waals surface area contributed by atoms with Gasteiger partial charge >= 0.3 is 0 Å². The van der Waals surface area contributed by atoms with E-state index in [-0.39, 0.29) is 12.6 Å². The third-order valence-corrected chi connectivity index (χ3v) is 5.97. The van der Waals surface area contributed by atoms with Crippen LogP contribution in [0.5, 0.6) is 0 Å². The SMILES string of the molecule is OCC(Nc1ncnc2sc3c(c12)CCCC3)c1ccc(Cl)cc1. The Balaban J connectivity index is 1.73. The maximum atomic E-state index is 9.83. The Kier molecular flexibility index (Phi) is 4.39. The van der Waals surface area contributed by atoms with Crippen molar-refractivity contribution < 1.29 is 5.11 Å². The number of aromatic nitrogens is 2. The number of nitrogens with one attached hydrogen (secondary N) is 1. The zero-order valence-electron chi connectivity index (χ0n) is 13.1. The van der Waals surface area contributed by atoms with Gasteiger partial charge in [0.05, 0.1) is 18.0 Å². The number of hydrogen-bond acceptors (Lipinski definition) is 5. The molecule has 0 fully saturated rings. The number of aryl methyl sites for hydroxylation is 2. The lowest BCUT2D eigenvalue weighted by Crippen LogP contribution is -2.16. The second-order valence-corrected chi connectivity index (χ2v) is 7.56. The first-order valence-corrected chi connectivity index (χ1v) is 9.34. The van der Waals surface area contributed by atoms with E-state index in [0.717, 1.165) is 34.4 Å². The molecule has 0 aliphatic heterocycles. The maximum Gasteiger partial charge on any atom is 0.139 e. The van der Waals surface area contributed by atoms with Crippen LogP contribution in [-0.2, 0) is 12.8 Å². The molecule has 0 amide bonds. The van der Waals surface area contributed by atoms with Crippen molar-refractivity contribution in [3.05, 3.63) is 51.6 Å². The first-order valence-electron chi connectivity index (χ1n) is 8.14. The van der Waals surface area contributed by atoms with Crippen LogP contribution in [0.15, 0.2) is 30.6 Å². The summed E-state index contributed by atoms with van der Waals surface area (Å²) in [5, 5.41) is 15.1. The fourth-order valence-corrected chi connectivity index (χ4v) is 4.65. The van der Waals surface area contributed by atoms with Gasteiger partial charge in [0.25, 0.3) is 0 Å². The lowest BCUT2D eigenvalue weighted by Gasteiger charge is -2.19. The second kappa shape index (κ2) is 6.67. The van der Waals surface area contributed by atoms with E-state index in [4.69, 9.17) is 11.6 Å². The molecule has 2 heterocycles. The zero-order valence-corrected chi connectivity index (χ0v) is 14.7. The number of aliphatic hydroxyl groups excluding tert-OH is 1. The van der Waals surface area contributed by atoms with Crippen LogP contribution in [0.1, 0.15) is 34.9 Å². The Labute approximate surface area is 149 Å². The van der Waals surface area contributed by atoms with Crippen molar-refractivity contribution in [3.63, 3.8) is 0 Å². The van der Waals surface area contributed by atoms with Crippen LogP contribution >= 0.6 is 22.9 Å². The van der Waals surface area contributed by atoms with Crippen LogP contribution in [0.3, 0.4) is 0 Å². The molecular formula is C18H18ClN3OS. The van der Waals surface area contributed by atoms with Crippen molar-refractivity contribution in [2.24, 2.45) is 0 Å². The molecule has 1 atom stereocenters. The summed E-state index contributed by atoms with van der Waals surface area (Å²) in [7, 11) is 0. The molecule has 1 aliphatic rings. The smallest absolute Gasteiger partial charge is 0.139 e. The number of rotatable bonds is 4. The first kappa shape index (κ1) is 15.8. The molecule has 2 aromatic heterocycles. The lowest BCUT2D eigenvalue weighted by molar-refractivity contribution is 0.276. The highest BCUT2D eigenvalue weighted by atomic mass is 35.5.